The highest BCUT2D eigenvalue weighted by Crippen LogP contribution is 2.33. The van der Waals surface area contributed by atoms with Gasteiger partial charge in [0.15, 0.2) is 17.5 Å². The molecule has 9 heteroatoms. The molecule has 0 N–H and O–H groups in total. The van der Waals surface area contributed by atoms with Gasteiger partial charge in [-0.1, -0.05) is 52.0 Å². The van der Waals surface area contributed by atoms with Crippen molar-refractivity contribution >= 4 is 34.4 Å². The molecule has 0 atom stereocenters. The van der Waals surface area contributed by atoms with Gasteiger partial charge in [-0.25, -0.2) is 14.8 Å². The van der Waals surface area contributed by atoms with Crippen molar-refractivity contribution in [3.05, 3.63) is 90.0 Å². The number of ether oxygens (including phenoxy) is 1. The Hall–Kier alpha value is -5.10. The number of nitriles is 1. The molecule has 1 aliphatic rings. The number of hydrogen-bond acceptors (Lipinski definition) is 8. The largest absolute Gasteiger partial charge is 0.462 e. The number of allylic oxidation sites excluding steroid dienone is 1. The summed E-state index contributed by atoms with van der Waals surface area (Å²) in [7, 11) is 1.96. The molecule has 3 heterocycles. The molecule has 5 rings (SSSR count). The van der Waals surface area contributed by atoms with Gasteiger partial charge in [0, 0.05) is 24.5 Å². The predicted octanol–water partition coefficient (Wildman–Crippen LogP) is 6.23. The first-order valence-corrected chi connectivity index (χ1v) is 13.4. The number of hydrogen-bond donors (Lipinski definition) is 0. The predicted molar refractivity (Wildman–Crippen MR) is 159 cm³/mol. The number of pyridine rings is 1. The molecule has 9 nitrogen and oxygen atoms in total. The monoisotopic (exact) mass is 545 g/mol. The number of benzene rings is 2. The summed E-state index contributed by atoms with van der Waals surface area (Å²) >= 11 is 0. The van der Waals surface area contributed by atoms with Crippen LogP contribution in [0.3, 0.4) is 0 Å². The Labute approximate surface area is 239 Å². The van der Waals surface area contributed by atoms with E-state index in [1.807, 2.05) is 79.5 Å². The second-order valence-electron chi connectivity index (χ2n) is 10.7. The molecule has 2 aromatic carbocycles. The van der Waals surface area contributed by atoms with Gasteiger partial charge in [-0.2, -0.15) is 9.94 Å². The van der Waals surface area contributed by atoms with Crippen LogP contribution in [0.4, 0.5) is 17.1 Å². The number of nitrogens with zero attached hydrogens (tertiary/aromatic N) is 7. The molecule has 0 bridgehead atoms. The molecule has 0 saturated carbocycles. The second kappa shape index (κ2) is 11.2. The molecule has 0 saturated heterocycles. The van der Waals surface area contributed by atoms with Crippen molar-refractivity contribution in [2.45, 2.75) is 39.5 Å². The lowest BCUT2D eigenvalue weighted by Crippen LogP contribution is -2.12. The van der Waals surface area contributed by atoms with Crippen molar-refractivity contribution in [1.82, 2.24) is 19.7 Å². The molecule has 0 aliphatic carbocycles. The van der Waals surface area contributed by atoms with Crippen LogP contribution in [0.5, 0.6) is 0 Å². The quantitative estimate of drug-likeness (QED) is 0.253. The number of rotatable bonds is 7. The Kier molecular flexibility index (Phi) is 7.49. The molecule has 0 fully saturated rings. The highest BCUT2D eigenvalue weighted by atomic mass is 16.5. The Morgan fingerprint density at radius 2 is 1.80 bits per heavy atom. The van der Waals surface area contributed by atoms with Crippen molar-refractivity contribution in [3.8, 4) is 17.5 Å². The molecule has 4 aromatic rings. The number of fused-ring (bicyclic) bond motifs is 1. The van der Waals surface area contributed by atoms with Gasteiger partial charge in [0.2, 0.25) is 0 Å². The van der Waals surface area contributed by atoms with Crippen LogP contribution in [0, 0.1) is 11.3 Å². The fourth-order valence-corrected chi connectivity index (χ4v) is 4.44. The topological polar surface area (TPSA) is 109 Å². The summed E-state index contributed by atoms with van der Waals surface area (Å²) in [6, 6.07) is 21.6. The highest BCUT2D eigenvalue weighted by Gasteiger charge is 2.37. The maximum atomic E-state index is 13.1. The van der Waals surface area contributed by atoms with Crippen LogP contribution >= 0.6 is 0 Å². The number of carbonyl (C=O) groups excluding carboxylic acids is 1. The average molecular weight is 546 g/mol. The van der Waals surface area contributed by atoms with Gasteiger partial charge in [0.05, 0.1) is 24.2 Å². The summed E-state index contributed by atoms with van der Waals surface area (Å²) in [5, 5.41) is 14.8. The third kappa shape index (κ3) is 5.50. The summed E-state index contributed by atoms with van der Waals surface area (Å²) in [5.41, 5.74) is 4.61. The summed E-state index contributed by atoms with van der Waals surface area (Å²) in [6.45, 7) is 8.60. The van der Waals surface area contributed by atoms with Gasteiger partial charge in [-0.15, -0.1) is 5.10 Å². The number of carbonyl (C=O) groups is 1. The van der Waals surface area contributed by atoms with Gasteiger partial charge in [-0.05, 0) is 53.8 Å². The van der Waals surface area contributed by atoms with Crippen LogP contribution < -0.4 is 4.90 Å². The van der Waals surface area contributed by atoms with E-state index in [4.69, 9.17) is 9.73 Å². The molecular weight excluding hydrogens is 514 g/mol. The van der Waals surface area contributed by atoms with E-state index in [9.17, 15) is 10.1 Å². The molecule has 41 heavy (non-hydrogen) atoms. The Bertz CT molecular complexity index is 1670. The van der Waals surface area contributed by atoms with E-state index in [0.717, 1.165) is 16.9 Å². The average Bonchev–Trinajstić information content (AvgIpc) is 3.53. The standard InChI is InChI=1S/C32H31N7O2/c1-6-18-41-31(40)27-26(19-33)29(35-23-13-15-24(16-14-23)38(5)25-8-7-17-34-20-25)39-30(27)36-28(37-39)21-9-11-22(12-10-21)32(2,3)4/h7-17,20H,6,18H2,1-5H3. The van der Waals surface area contributed by atoms with Crippen molar-refractivity contribution in [3.63, 3.8) is 0 Å². The Morgan fingerprint density at radius 1 is 1.07 bits per heavy atom. The summed E-state index contributed by atoms with van der Waals surface area (Å²) in [6.07, 6.45) is 4.17. The molecule has 0 amide bonds. The van der Waals surface area contributed by atoms with E-state index < -0.39 is 5.97 Å². The number of anilines is 2. The van der Waals surface area contributed by atoms with Crippen LogP contribution in [-0.4, -0.2) is 45.2 Å². The Morgan fingerprint density at radius 3 is 2.41 bits per heavy atom. The van der Waals surface area contributed by atoms with Crippen LogP contribution in [-0.2, 0) is 14.9 Å². The molecule has 206 valence electrons. The molecule has 2 aromatic heterocycles. The van der Waals surface area contributed by atoms with Crippen molar-refractivity contribution in [1.29, 1.82) is 5.26 Å². The first kappa shape index (κ1) is 27.5. The zero-order chi connectivity index (χ0) is 29.1. The SMILES string of the molecule is CCCOC(=O)C1=C(C#N)C(=Nc2ccc(N(C)c3cccnc3)cc2)n2nc(-c3ccc(C(C)(C)C)cc3)nc21. The minimum atomic E-state index is -0.620. The highest BCUT2D eigenvalue weighted by molar-refractivity contribution is 6.29. The van der Waals surface area contributed by atoms with Gasteiger partial charge in [0.1, 0.15) is 17.2 Å². The normalized spacial score (nSPS) is 13.7. The zero-order valence-electron chi connectivity index (χ0n) is 23.8. The number of aromatic nitrogens is 4. The third-order valence-electron chi connectivity index (χ3n) is 6.77. The van der Waals surface area contributed by atoms with Gasteiger partial charge in [-0.3, -0.25) is 4.98 Å². The van der Waals surface area contributed by atoms with E-state index in [0.29, 0.717) is 17.9 Å². The van der Waals surface area contributed by atoms with E-state index in [2.05, 4.69) is 41.9 Å². The number of esters is 1. The molecule has 0 radical (unpaired) electrons. The van der Waals surface area contributed by atoms with E-state index in [-0.39, 0.29) is 34.8 Å². The van der Waals surface area contributed by atoms with Gasteiger partial charge < -0.3 is 9.64 Å². The van der Waals surface area contributed by atoms with Gasteiger partial charge >= 0.3 is 5.97 Å². The van der Waals surface area contributed by atoms with E-state index in [1.54, 1.807) is 12.4 Å². The molecule has 0 spiro atoms. The second-order valence-corrected chi connectivity index (χ2v) is 10.7. The molecular formula is C32H31N7O2. The lowest BCUT2D eigenvalue weighted by molar-refractivity contribution is -0.136. The van der Waals surface area contributed by atoms with Crippen molar-refractivity contribution < 1.29 is 9.53 Å². The minimum Gasteiger partial charge on any atom is -0.462 e. The third-order valence-corrected chi connectivity index (χ3v) is 6.77. The lowest BCUT2D eigenvalue weighted by Gasteiger charge is -2.18. The maximum absolute atomic E-state index is 13.1. The van der Waals surface area contributed by atoms with Gasteiger partial charge in [0.25, 0.3) is 0 Å². The van der Waals surface area contributed by atoms with Crippen molar-refractivity contribution in [2.24, 2.45) is 4.99 Å². The fourth-order valence-electron chi connectivity index (χ4n) is 4.44. The minimum absolute atomic E-state index is 0.00469. The van der Waals surface area contributed by atoms with E-state index >= 15 is 0 Å². The van der Waals surface area contributed by atoms with E-state index in [1.165, 1.54) is 10.2 Å². The van der Waals surface area contributed by atoms with Crippen LogP contribution in [0.25, 0.3) is 17.0 Å². The van der Waals surface area contributed by atoms with Crippen LogP contribution in [0.15, 0.2) is 83.6 Å². The summed E-state index contributed by atoms with van der Waals surface area (Å²) in [4.78, 5) is 28.7. The smallest absolute Gasteiger partial charge is 0.343 e. The van der Waals surface area contributed by atoms with Crippen LogP contribution in [0.1, 0.15) is 45.5 Å². The lowest BCUT2D eigenvalue weighted by atomic mass is 9.87. The molecule has 1 aliphatic heterocycles. The molecule has 0 unspecified atom stereocenters. The van der Waals surface area contributed by atoms with Crippen molar-refractivity contribution in [2.75, 3.05) is 18.6 Å². The first-order chi connectivity index (χ1) is 19.7. The first-order valence-electron chi connectivity index (χ1n) is 13.4. The zero-order valence-corrected chi connectivity index (χ0v) is 23.8. The fraction of sp³-hybridized carbons (Fsp3) is 0.250. The summed E-state index contributed by atoms with van der Waals surface area (Å²) in [5.74, 6) is 0.276. The van der Waals surface area contributed by atoms with Crippen LogP contribution in [0.2, 0.25) is 0 Å². The summed E-state index contributed by atoms with van der Waals surface area (Å²) < 4.78 is 6.88. The Balaban J connectivity index is 1.55. The maximum Gasteiger partial charge on any atom is 0.343 e. The number of aliphatic imine (C=N–C) groups is 1.